The molecule has 29 N–H and O–H groups in total. The lowest BCUT2D eigenvalue weighted by Gasteiger charge is -2.47. The highest BCUT2D eigenvalue weighted by Crippen LogP contribution is 2.39. The lowest BCUT2D eigenvalue weighted by Crippen LogP contribution is -2.67. The van der Waals surface area contributed by atoms with Gasteiger partial charge in [-0.25, -0.2) is 29.4 Å². The number of hydroxylamine groups is 2. The van der Waals surface area contributed by atoms with Gasteiger partial charge in [-0.3, -0.25) is 80.4 Å². The minimum Gasteiger partial charge on any atom is -0.479 e. The van der Waals surface area contributed by atoms with Crippen LogP contribution in [0.4, 0.5) is 0 Å². The average molecular weight is 2060 g/mol. The summed E-state index contributed by atoms with van der Waals surface area (Å²) < 4.78 is 77.0. The molecule has 0 aromatic carbocycles. The molecule has 142 heavy (non-hydrogen) atoms. The highest BCUT2D eigenvalue weighted by atomic mass is 16.8. The first-order chi connectivity index (χ1) is 66.6. The highest BCUT2D eigenvalue weighted by Gasteiger charge is 2.58. The number of ether oxygens (including phenoxy) is 14. The molecule has 0 saturated carbocycles. The molecule has 60 heteroatoms. The van der Waals surface area contributed by atoms with Crippen molar-refractivity contribution >= 4 is 83.0 Å². The third-order valence-electron chi connectivity index (χ3n) is 24.2. The van der Waals surface area contributed by atoms with Gasteiger partial charge in [0.2, 0.25) is 41.4 Å². The maximum atomic E-state index is 11.9. The number of aliphatic hydroxyl groups excluding tert-OH is 12. The quantitative estimate of drug-likeness (QED) is 0.0118. The molecule has 816 valence electrons. The minimum absolute atomic E-state index is 0.131. The van der Waals surface area contributed by atoms with Gasteiger partial charge in [0, 0.05) is 94.5 Å². The van der Waals surface area contributed by atoms with Crippen LogP contribution in [-0.2, 0) is 148 Å². The van der Waals surface area contributed by atoms with Crippen LogP contribution < -0.4 is 65.4 Å². The summed E-state index contributed by atoms with van der Waals surface area (Å²) in [4.78, 5) is 174. The largest absolute Gasteiger partial charge is 0.479 e. The van der Waals surface area contributed by atoms with E-state index in [0.717, 1.165) is 21.1 Å². The van der Waals surface area contributed by atoms with Gasteiger partial charge in [-0.2, -0.15) is 0 Å². The Hall–Kier alpha value is -8.54. The van der Waals surface area contributed by atoms with Gasteiger partial charge >= 0.3 is 29.8 Å². The zero-order valence-electron chi connectivity index (χ0n) is 80.9. The number of aliphatic hydroxyl groups is 12. The van der Waals surface area contributed by atoms with E-state index < -0.39 is 322 Å². The molecule has 9 aliphatic heterocycles. The van der Waals surface area contributed by atoms with Crippen molar-refractivity contribution in [2.75, 3.05) is 53.7 Å². The van der Waals surface area contributed by atoms with Crippen LogP contribution in [0, 0.1) is 23.7 Å². The Morgan fingerprint density at radius 1 is 0.366 bits per heavy atom. The van der Waals surface area contributed by atoms with E-state index in [1.54, 1.807) is 55.4 Å². The van der Waals surface area contributed by atoms with E-state index in [4.69, 9.17) is 81.8 Å². The monoisotopic (exact) mass is 2060 g/mol. The predicted molar refractivity (Wildman–Crippen MR) is 465 cm³/mol. The van der Waals surface area contributed by atoms with E-state index in [9.17, 15) is 149 Å². The first kappa shape index (κ1) is 124. The van der Waals surface area contributed by atoms with Crippen LogP contribution in [0.5, 0.6) is 0 Å². The molecule has 0 spiro atoms. The van der Waals surface area contributed by atoms with Crippen LogP contribution >= 0.6 is 0 Å². The van der Waals surface area contributed by atoms with Gasteiger partial charge in [-0.1, -0.05) is 27.7 Å². The second-order valence-electron chi connectivity index (χ2n) is 34.8. The normalized spacial score (nSPS) is 37.6. The molecule has 0 aromatic heterocycles. The summed E-state index contributed by atoms with van der Waals surface area (Å²) in [6.07, 6.45) is -39.2. The Bertz CT molecular complexity index is 3940. The fourth-order valence-corrected chi connectivity index (χ4v) is 16.3. The van der Waals surface area contributed by atoms with Crippen molar-refractivity contribution in [2.45, 2.75) is 356 Å². The SMILES string of the molecule is CC(=O)NC1[C@H](C)OC(CONNC(=O)CCCNN)[C@@H](O)[C@@H]1O[C@@H]1OC(C(=O)O)[C@@H](C)[C@H](C)C1O.CC(=O)NNCCCC(=O)NNOCC1O[C@@H](C)C(NC(C)=O)[C@@H](O[C@@H]2OC(C(=O)O)[C@@H](C)[C@H](C)C2O)[C@@H]1O.CC(=O)ON1C(=O)CCC1=O.CO[C@@H]1C(C(=O)O)O[C@@H](O[C@@H]2C(NC(C)=O)[C@H](C)OC(CO)[C@H]2O)C(O)[C@H]1O.CO[C@@H]1C(C(=O)O)O[C@@H](O[C@@H]2C(NC(C)=O)[C@H](C)OC(CO)[C@H]2O)C(O)[C@H]1O. The number of hydrazine groups is 4. The first-order valence-electron chi connectivity index (χ1n) is 45.4. The third-order valence-corrected chi connectivity index (χ3v) is 24.2. The number of amides is 9. The molecule has 9 aliphatic rings. The zero-order chi connectivity index (χ0) is 107. The van der Waals surface area contributed by atoms with Crippen LogP contribution in [-0.4, -0.2) is 444 Å². The Kier molecular flexibility index (Phi) is 51.8. The van der Waals surface area contributed by atoms with Crippen LogP contribution in [0.1, 0.15) is 135 Å². The van der Waals surface area contributed by atoms with Crippen molar-refractivity contribution in [3.8, 4) is 0 Å². The Morgan fingerprint density at radius 3 is 0.930 bits per heavy atom. The minimum atomic E-state index is -1.70. The molecular weight excluding hydrogens is 1920 g/mol. The van der Waals surface area contributed by atoms with Gasteiger partial charge in [0.25, 0.3) is 11.8 Å². The summed E-state index contributed by atoms with van der Waals surface area (Å²) in [5.74, 6) is -6.37. The number of methoxy groups -OCH3 is 2. The standard InChI is InChI=1S/C23H41N5O11.C21H39N5O10.2C16H27NO11.C6H7NO4/c1-10-11(2)20(22(34)35)38-23(18(10)32)39-21-17(25-13(4)29)12(3)37-15(19(21)33)9-36-28-27-16(31)7-6-8-24-26-14(5)30;1-9-10(2)18(20(31)32)35-21(16(9)29)36-19-15(24-12(4)27)11(3)34-13(17(19)30)8-33-26-25-14(28)6-5-7-23-22;2*1-5-8(17-6(2)19)12(9(20)7(4-18)26-5)27-16-11(22)10(21)13(25-3)14(28-16)15(23)24;1-4(8)11-7-5(9)2-3-6(7)10/h10-12,15,17-21,23-24,28,32-33H,6-9H2,1-5H3,(H,25,29)(H,26,30)(H,27,31)(H,34,35);9-11,13,15-19,21,23,26,29-30H,5-8,22H2,1-4H3,(H,24,27)(H,25,28)(H,31,32);2*5,7-14,16,18,20-22H,4H2,1-3H3,(H,17,19)(H,23,24);2-3H2,1H3/t10-,11-,12-,15?,17?,18?,19+,20?,21+,23-;9-,10-,11-,13?,15?,16?,17+,18?,19+,21-;2*5-,7?,8?,9+,10+,11?,12+,13-,14?,16+;/m0000./s1. The van der Waals surface area contributed by atoms with Crippen LogP contribution in [0.15, 0.2) is 0 Å². The summed E-state index contributed by atoms with van der Waals surface area (Å²) in [7, 11) is 2.31. The molecule has 0 radical (unpaired) electrons. The van der Waals surface area contributed by atoms with Crippen molar-refractivity contribution in [1.82, 2.24) is 64.6 Å². The van der Waals surface area contributed by atoms with E-state index in [0.29, 0.717) is 31.0 Å². The van der Waals surface area contributed by atoms with Crippen LogP contribution in [0.25, 0.3) is 0 Å². The lowest BCUT2D eigenvalue weighted by molar-refractivity contribution is -0.327. The highest BCUT2D eigenvalue weighted by molar-refractivity contribution is 6.01. The maximum Gasteiger partial charge on any atom is 0.335 e. The van der Waals surface area contributed by atoms with Gasteiger partial charge in [-0.15, -0.1) is 16.2 Å². The molecule has 9 saturated heterocycles. The summed E-state index contributed by atoms with van der Waals surface area (Å²) >= 11 is 0. The molecule has 9 heterocycles. The van der Waals surface area contributed by atoms with E-state index in [1.807, 2.05) is 0 Å². The molecule has 9 rings (SSSR count). The number of rotatable bonds is 38. The lowest BCUT2D eigenvalue weighted by atomic mass is 9.83. The van der Waals surface area contributed by atoms with E-state index in [1.165, 1.54) is 34.6 Å². The Morgan fingerprint density at radius 2 is 0.655 bits per heavy atom. The fraction of sp³-hybridized carbons (Fsp3) is 0.829. The molecule has 9 amide bonds. The molecule has 9 fully saturated rings. The summed E-state index contributed by atoms with van der Waals surface area (Å²) in [5.41, 5.74) is 16.7. The van der Waals surface area contributed by atoms with Crippen molar-refractivity contribution in [3.05, 3.63) is 0 Å². The van der Waals surface area contributed by atoms with Crippen LogP contribution in [0.3, 0.4) is 0 Å². The number of hydrogen-bond acceptors (Lipinski definition) is 48. The number of nitrogens with one attached hydrogen (secondary N) is 11. The van der Waals surface area contributed by atoms with Gasteiger partial charge in [0.1, 0.15) is 122 Å². The van der Waals surface area contributed by atoms with E-state index in [2.05, 4.69) is 64.4 Å². The van der Waals surface area contributed by atoms with E-state index >= 15 is 0 Å². The molecule has 0 bridgehead atoms. The molecular formula is C82H141N13O47. The van der Waals surface area contributed by atoms with Gasteiger partial charge in [-0.05, 0) is 64.2 Å². The molecule has 16 unspecified atom stereocenters. The summed E-state index contributed by atoms with van der Waals surface area (Å²) in [6, 6.07) is -3.49. The van der Waals surface area contributed by atoms with Crippen molar-refractivity contribution in [1.29, 1.82) is 0 Å². The number of nitrogens with two attached hydrogens (primary N) is 1. The number of hydrogen-bond donors (Lipinski definition) is 28. The fourth-order valence-electron chi connectivity index (χ4n) is 16.3. The van der Waals surface area contributed by atoms with Crippen LogP contribution in [0.2, 0.25) is 0 Å². The van der Waals surface area contributed by atoms with Gasteiger partial charge in [0.15, 0.2) is 49.6 Å². The van der Waals surface area contributed by atoms with Gasteiger partial charge < -0.3 is 174 Å². The number of carbonyl (C=O) groups excluding carboxylic acids is 10. The molecule has 60 nitrogen and oxygen atoms in total. The number of carboxylic acid groups (broad SMARTS) is 4. The number of carboxylic acids is 4. The van der Waals surface area contributed by atoms with E-state index in [-0.39, 0.29) is 56.6 Å². The van der Waals surface area contributed by atoms with Crippen molar-refractivity contribution in [2.24, 2.45) is 29.5 Å². The second-order valence-corrected chi connectivity index (χ2v) is 34.8. The average Bonchev–Trinajstić information content (AvgIpc) is 0.801. The first-order valence-corrected chi connectivity index (χ1v) is 45.4. The van der Waals surface area contributed by atoms with Crippen molar-refractivity contribution in [3.63, 3.8) is 0 Å². The summed E-state index contributed by atoms with van der Waals surface area (Å²) in [5, 5.41) is 173. The number of carbonyl (C=O) groups is 14. The molecule has 0 aromatic rings. The maximum absolute atomic E-state index is 11.9. The van der Waals surface area contributed by atoms with Gasteiger partial charge in [0.05, 0.1) is 75.0 Å². The number of nitrogens with zero attached hydrogens (tertiary/aromatic N) is 1. The number of aliphatic carboxylic acids is 4. The Labute approximate surface area is 813 Å². The third kappa shape index (κ3) is 35.4. The molecule has 40 atom stereocenters. The van der Waals surface area contributed by atoms with Crippen molar-refractivity contribution < 1.29 is 230 Å². The summed E-state index contributed by atoms with van der Waals surface area (Å²) in [6.45, 7) is 20.0. The topological polar surface area (TPSA) is 881 Å². The number of imide groups is 1. The predicted octanol–water partition coefficient (Wildman–Crippen LogP) is -12.6. The smallest absolute Gasteiger partial charge is 0.335 e. The second kappa shape index (κ2) is 59.3. The zero-order valence-corrected chi connectivity index (χ0v) is 80.9. The Balaban J connectivity index is 0.000000324. The molecule has 0 aliphatic carbocycles.